The SMILES string of the molecule is CC(C)CN(C(=O)Cn1cc(C(=O)O)nn1)C(C)C. The van der Waals surface area contributed by atoms with Crippen LogP contribution in [0.5, 0.6) is 0 Å². The molecule has 1 amide bonds. The number of hydrogen-bond acceptors (Lipinski definition) is 4. The normalized spacial score (nSPS) is 11.1. The van der Waals surface area contributed by atoms with Gasteiger partial charge in [0.1, 0.15) is 6.54 Å². The van der Waals surface area contributed by atoms with Gasteiger partial charge in [-0.25, -0.2) is 9.48 Å². The second-order valence-corrected chi connectivity index (χ2v) is 5.14. The number of carboxylic acid groups (broad SMARTS) is 1. The predicted octanol–water partition coefficient (Wildman–Crippen LogP) is 0.869. The average molecular weight is 268 g/mol. The van der Waals surface area contributed by atoms with Crippen molar-refractivity contribution in [3.63, 3.8) is 0 Å². The summed E-state index contributed by atoms with van der Waals surface area (Å²) in [6.07, 6.45) is 1.26. The first-order chi connectivity index (χ1) is 8.81. The monoisotopic (exact) mass is 268 g/mol. The lowest BCUT2D eigenvalue weighted by Gasteiger charge is -2.28. The zero-order valence-corrected chi connectivity index (χ0v) is 11.7. The summed E-state index contributed by atoms with van der Waals surface area (Å²) in [5.41, 5.74) is -0.159. The summed E-state index contributed by atoms with van der Waals surface area (Å²) in [5, 5.41) is 15.9. The van der Waals surface area contributed by atoms with Crippen molar-refractivity contribution in [2.24, 2.45) is 5.92 Å². The van der Waals surface area contributed by atoms with Gasteiger partial charge >= 0.3 is 5.97 Å². The number of hydrogen-bond donors (Lipinski definition) is 1. The fourth-order valence-corrected chi connectivity index (χ4v) is 1.70. The van der Waals surface area contributed by atoms with Crippen LogP contribution in [-0.2, 0) is 11.3 Å². The molecule has 19 heavy (non-hydrogen) atoms. The van der Waals surface area contributed by atoms with Crippen molar-refractivity contribution >= 4 is 11.9 Å². The van der Waals surface area contributed by atoms with Gasteiger partial charge in [0, 0.05) is 12.6 Å². The Morgan fingerprint density at radius 2 is 2.00 bits per heavy atom. The van der Waals surface area contributed by atoms with E-state index in [1.165, 1.54) is 10.9 Å². The van der Waals surface area contributed by atoms with Crippen LogP contribution in [0.3, 0.4) is 0 Å². The van der Waals surface area contributed by atoms with Crippen molar-refractivity contribution in [3.8, 4) is 0 Å². The van der Waals surface area contributed by atoms with Gasteiger partial charge in [-0.05, 0) is 19.8 Å². The number of nitrogens with zero attached hydrogens (tertiary/aromatic N) is 4. The molecular formula is C12H20N4O3. The zero-order chi connectivity index (χ0) is 14.6. The van der Waals surface area contributed by atoms with E-state index < -0.39 is 5.97 Å². The topological polar surface area (TPSA) is 88.3 Å². The summed E-state index contributed by atoms with van der Waals surface area (Å²) >= 11 is 0. The van der Waals surface area contributed by atoms with E-state index in [0.29, 0.717) is 12.5 Å². The van der Waals surface area contributed by atoms with E-state index in [1.54, 1.807) is 4.90 Å². The lowest BCUT2D eigenvalue weighted by Crippen LogP contribution is -2.41. The highest BCUT2D eigenvalue weighted by Gasteiger charge is 2.19. The minimum Gasteiger partial charge on any atom is -0.476 e. The molecule has 1 aromatic heterocycles. The molecule has 0 unspecified atom stereocenters. The second-order valence-electron chi connectivity index (χ2n) is 5.14. The van der Waals surface area contributed by atoms with Crippen molar-refractivity contribution in [2.45, 2.75) is 40.3 Å². The first-order valence-corrected chi connectivity index (χ1v) is 6.24. The Labute approximate surface area is 112 Å². The van der Waals surface area contributed by atoms with E-state index in [9.17, 15) is 9.59 Å². The third-order valence-corrected chi connectivity index (χ3v) is 2.56. The fraction of sp³-hybridized carbons (Fsp3) is 0.667. The van der Waals surface area contributed by atoms with E-state index in [-0.39, 0.29) is 24.2 Å². The minimum atomic E-state index is -1.15. The molecule has 1 rings (SSSR count). The summed E-state index contributed by atoms with van der Waals surface area (Å²) in [7, 11) is 0. The second kappa shape index (κ2) is 6.31. The third-order valence-electron chi connectivity index (χ3n) is 2.56. The molecule has 0 spiro atoms. The number of rotatable bonds is 6. The number of amides is 1. The third kappa shape index (κ3) is 4.35. The Balaban J connectivity index is 2.72. The number of carbonyl (C=O) groups excluding carboxylic acids is 1. The smallest absolute Gasteiger partial charge is 0.358 e. The van der Waals surface area contributed by atoms with Crippen LogP contribution in [-0.4, -0.2) is 49.5 Å². The van der Waals surface area contributed by atoms with Gasteiger partial charge in [0.05, 0.1) is 6.20 Å². The van der Waals surface area contributed by atoms with E-state index in [2.05, 4.69) is 10.3 Å². The Morgan fingerprint density at radius 1 is 1.37 bits per heavy atom. The van der Waals surface area contributed by atoms with Crippen LogP contribution < -0.4 is 0 Å². The summed E-state index contributed by atoms with van der Waals surface area (Å²) in [5.74, 6) is -0.871. The van der Waals surface area contributed by atoms with E-state index in [4.69, 9.17) is 5.11 Å². The first-order valence-electron chi connectivity index (χ1n) is 6.24. The van der Waals surface area contributed by atoms with Crippen LogP contribution in [0.4, 0.5) is 0 Å². The van der Waals surface area contributed by atoms with Gasteiger partial charge in [0.15, 0.2) is 5.69 Å². The maximum absolute atomic E-state index is 12.2. The molecule has 0 saturated carbocycles. The predicted molar refractivity (Wildman–Crippen MR) is 68.7 cm³/mol. The molecule has 0 saturated heterocycles. The zero-order valence-electron chi connectivity index (χ0n) is 11.7. The standard InChI is InChI=1S/C12H20N4O3/c1-8(2)5-16(9(3)4)11(17)7-15-6-10(12(18)19)13-14-15/h6,8-9H,5,7H2,1-4H3,(H,18,19). The molecule has 1 N–H and O–H groups in total. The van der Waals surface area contributed by atoms with Gasteiger partial charge in [0.2, 0.25) is 5.91 Å². The molecule has 7 heteroatoms. The van der Waals surface area contributed by atoms with Gasteiger partial charge in [-0.1, -0.05) is 19.1 Å². The molecule has 0 aliphatic heterocycles. The van der Waals surface area contributed by atoms with Crippen molar-refractivity contribution in [2.75, 3.05) is 6.54 Å². The van der Waals surface area contributed by atoms with Crippen molar-refractivity contribution in [3.05, 3.63) is 11.9 Å². The molecule has 1 aromatic rings. The molecule has 0 aliphatic rings. The van der Waals surface area contributed by atoms with Crippen molar-refractivity contribution in [1.82, 2.24) is 19.9 Å². The molecule has 106 valence electrons. The molecule has 0 atom stereocenters. The maximum Gasteiger partial charge on any atom is 0.358 e. The number of aromatic carboxylic acids is 1. The van der Waals surface area contributed by atoms with Crippen LogP contribution in [0.25, 0.3) is 0 Å². The van der Waals surface area contributed by atoms with E-state index >= 15 is 0 Å². The average Bonchev–Trinajstić information content (AvgIpc) is 2.73. The van der Waals surface area contributed by atoms with Gasteiger partial charge in [-0.2, -0.15) is 0 Å². The lowest BCUT2D eigenvalue weighted by molar-refractivity contribution is -0.134. The quantitative estimate of drug-likeness (QED) is 0.827. The highest BCUT2D eigenvalue weighted by Crippen LogP contribution is 2.06. The number of aromatic nitrogens is 3. The summed E-state index contributed by atoms with van der Waals surface area (Å²) in [6.45, 7) is 8.65. The van der Waals surface area contributed by atoms with E-state index in [1.807, 2.05) is 27.7 Å². The summed E-state index contributed by atoms with van der Waals surface area (Å²) < 4.78 is 1.25. The summed E-state index contributed by atoms with van der Waals surface area (Å²) in [6, 6.07) is 0.0948. The number of carboxylic acids is 1. The molecule has 1 heterocycles. The van der Waals surface area contributed by atoms with Gasteiger partial charge < -0.3 is 10.0 Å². The van der Waals surface area contributed by atoms with Crippen LogP contribution in [0.2, 0.25) is 0 Å². The molecule has 7 nitrogen and oxygen atoms in total. The Kier molecular flexibility index (Phi) is 5.02. The lowest BCUT2D eigenvalue weighted by atomic mass is 10.2. The molecule has 0 aliphatic carbocycles. The maximum atomic E-state index is 12.2. The van der Waals surface area contributed by atoms with Crippen LogP contribution in [0.1, 0.15) is 38.2 Å². The highest BCUT2D eigenvalue weighted by atomic mass is 16.4. The largest absolute Gasteiger partial charge is 0.476 e. The van der Waals surface area contributed by atoms with Gasteiger partial charge in [-0.3, -0.25) is 4.79 Å². The highest BCUT2D eigenvalue weighted by molar-refractivity contribution is 5.84. The first kappa shape index (κ1) is 15.1. The van der Waals surface area contributed by atoms with Crippen LogP contribution in [0.15, 0.2) is 6.20 Å². The van der Waals surface area contributed by atoms with Gasteiger partial charge in [-0.15, -0.1) is 5.10 Å². The molecule has 0 radical (unpaired) electrons. The van der Waals surface area contributed by atoms with Crippen molar-refractivity contribution < 1.29 is 14.7 Å². The fourth-order valence-electron chi connectivity index (χ4n) is 1.70. The molecule has 0 fully saturated rings. The Bertz CT molecular complexity index is 454. The molecule has 0 aromatic carbocycles. The van der Waals surface area contributed by atoms with Crippen LogP contribution in [0, 0.1) is 5.92 Å². The van der Waals surface area contributed by atoms with Crippen LogP contribution >= 0.6 is 0 Å². The van der Waals surface area contributed by atoms with Gasteiger partial charge in [0.25, 0.3) is 0 Å². The Hall–Kier alpha value is -1.92. The minimum absolute atomic E-state index is 0.00514. The molecule has 0 bridgehead atoms. The van der Waals surface area contributed by atoms with Crippen molar-refractivity contribution in [1.29, 1.82) is 0 Å². The number of carbonyl (C=O) groups is 2. The summed E-state index contributed by atoms with van der Waals surface area (Å²) in [4.78, 5) is 24.6. The Morgan fingerprint density at radius 3 is 2.42 bits per heavy atom. The van der Waals surface area contributed by atoms with E-state index in [0.717, 1.165) is 0 Å². The molecular weight excluding hydrogens is 248 g/mol.